The van der Waals surface area contributed by atoms with Crippen LogP contribution >= 0.6 is 34.7 Å². The van der Waals surface area contributed by atoms with Gasteiger partial charge in [0.2, 0.25) is 5.91 Å². The number of thiazole rings is 1. The largest absolute Gasteiger partial charge is 0.284 e. The van der Waals surface area contributed by atoms with Crippen LogP contribution in [-0.4, -0.2) is 21.6 Å². The van der Waals surface area contributed by atoms with Crippen LogP contribution in [0.4, 0.5) is 13.9 Å². The van der Waals surface area contributed by atoms with Crippen molar-refractivity contribution in [2.24, 2.45) is 0 Å². The predicted octanol–water partition coefficient (Wildman–Crippen LogP) is 6.73. The van der Waals surface area contributed by atoms with Gasteiger partial charge in [-0.3, -0.25) is 14.7 Å². The normalized spacial score (nSPS) is 11.1. The molecule has 0 aliphatic carbocycles. The monoisotopic (exact) mass is 489 g/mol. The highest BCUT2D eigenvalue weighted by Gasteiger charge is 2.21. The lowest BCUT2D eigenvalue weighted by atomic mass is 10.2. The van der Waals surface area contributed by atoms with E-state index in [4.69, 9.17) is 11.6 Å². The Morgan fingerprint density at radius 3 is 2.72 bits per heavy atom. The van der Waals surface area contributed by atoms with E-state index in [2.05, 4.69) is 9.97 Å². The minimum Gasteiger partial charge on any atom is -0.284 e. The SMILES string of the molecule is O=C(CCCSc1ccc(Cl)cc1)N(Cc1cccnc1)c1nc2c(F)cc(F)cc2s1. The van der Waals surface area contributed by atoms with Gasteiger partial charge in [0.05, 0.1) is 11.2 Å². The molecule has 0 spiro atoms. The molecule has 0 fully saturated rings. The molecule has 0 N–H and O–H groups in total. The molecule has 32 heavy (non-hydrogen) atoms. The topological polar surface area (TPSA) is 46.1 Å². The number of nitrogens with zero attached hydrogens (tertiary/aromatic N) is 3. The van der Waals surface area contributed by atoms with Crippen molar-refractivity contribution in [3.63, 3.8) is 0 Å². The molecular formula is C23H18ClF2N3OS2. The highest BCUT2D eigenvalue weighted by Crippen LogP contribution is 2.32. The molecular weight excluding hydrogens is 472 g/mol. The molecule has 0 saturated carbocycles. The van der Waals surface area contributed by atoms with E-state index in [1.807, 2.05) is 30.3 Å². The van der Waals surface area contributed by atoms with Crippen LogP contribution in [0.2, 0.25) is 5.02 Å². The fourth-order valence-electron chi connectivity index (χ4n) is 3.08. The number of rotatable bonds is 8. The maximum Gasteiger partial charge on any atom is 0.229 e. The van der Waals surface area contributed by atoms with E-state index in [0.29, 0.717) is 27.7 Å². The number of thioether (sulfide) groups is 1. The first-order valence-electron chi connectivity index (χ1n) is 9.83. The zero-order valence-corrected chi connectivity index (χ0v) is 19.2. The van der Waals surface area contributed by atoms with E-state index in [9.17, 15) is 13.6 Å². The Morgan fingerprint density at radius 1 is 1.16 bits per heavy atom. The smallest absolute Gasteiger partial charge is 0.229 e. The Morgan fingerprint density at radius 2 is 1.97 bits per heavy atom. The number of carbonyl (C=O) groups excluding carboxylic acids is 1. The van der Waals surface area contributed by atoms with Gasteiger partial charge in [-0.25, -0.2) is 13.8 Å². The second-order valence-corrected chi connectivity index (χ2v) is 9.59. The molecule has 4 nitrogen and oxygen atoms in total. The molecule has 0 unspecified atom stereocenters. The van der Waals surface area contributed by atoms with Crippen molar-refractivity contribution in [2.45, 2.75) is 24.3 Å². The number of benzene rings is 2. The van der Waals surface area contributed by atoms with E-state index in [-0.39, 0.29) is 18.0 Å². The van der Waals surface area contributed by atoms with E-state index in [1.54, 1.807) is 30.2 Å². The Labute approximate surface area is 197 Å². The minimum absolute atomic E-state index is 0.0636. The second kappa shape index (κ2) is 10.4. The van der Waals surface area contributed by atoms with Crippen LogP contribution in [0.25, 0.3) is 10.2 Å². The van der Waals surface area contributed by atoms with Gasteiger partial charge in [0.1, 0.15) is 11.3 Å². The first kappa shape index (κ1) is 22.6. The average Bonchev–Trinajstić information content (AvgIpc) is 3.21. The average molecular weight is 490 g/mol. The van der Waals surface area contributed by atoms with Crippen molar-refractivity contribution in [2.75, 3.05) is 10.7 Å². The first-order chi connectivity index (χ1) is 15.5. The summed E-state index contributed by atoms with van der Waals surface area (Å²) in [7, 11) is 0. The van der Waals surface area contributed by atoms with Crippen LogP contribution in [0.5, 0.6) is 0 Å². The van der Waals surface area contributed by atoms with Crippen molar-refractivity contribution in [3.05, 3.63) is 83.1 Å². The summed E-state index contributed by atoms with van der Waals surface area (Å²) in [4.78, 5) is 24.1. The Hall–Kier alpha value is -2.55. The maximum atomic E-state index is 14.2. The molecule has 0 atom stereocenters. The van der Waals surface area contributed by atoms with Gasteiger partial charge in [-0.2, -0.15) is 0 Å². The number of pyridine rings is 1. The summed E-state index contributed by atoms with van der Waals surface area (Å²) in [5.41, 5.74) is 0.885. The molecule has 0 aliphatic rings. The lowest BCUT2D eigenvalue weighted by Crippen LogP contribution is -2.30. The quantitative estimate of drug-likeness (QED) is 0.203. The maximum absolute atomic E-state index is 14.2. The third-order valence-corrected chi connectivity index (χ3v) is 6.99. The fourth-order valence-corrected chi connectivity index (χ4v) is 5.08. The molecule has 1 amide bonds. The molecule has 2 heterocycles. The fraction of sp³-hybridized carbons (Fsp3) is 0.174. The molecule has 0 aliphatic heterocycles. The number of fused-ring (bicyclic) bond motifs is 1. The van der Waals surface area contributed by atoms with Crippen molar-refractivity contribution in [1.82, 2.24) is 9.97 Å². The number of hydrogen-bond donors (Lipinski definition) is 0. The molecule has 0 radical (unpaired) electrons. The summed E-state index contributed by atoms with van der Waals surface area (Å²) in [6.07, 6.45) is 4.28. The molecule has 9 heteroatoms. The molecule has 0 bridgehead atoms. The number of hydrogen-bond acceptors (Lipinski definition) is 5. The summed E-state index contributed by atoms with van der Waals surface area (Å²) < 4.78 is 28.1. The van der Waals surface area contributed by atoms with Crippen molar-refractivity contribution in [1.29, 1.82) is 0 Å². The summed E-state index contributed by atoms with van der Waals surface area (Å²) in [6.45, 7) is 0.251. The van der Waals surface area contributed by atoms with Gasteiger partial charge in [-0.1, -0.05) is 29.0 Å². The number of halogens is 3. The van der Waals surface area contributed by atoms with E-state index in [1.165, 1.54) is 11.0 Å². The zero-order chi connectivity index (χ0) is 22.5. The van der Waals surface area contributed by atoms with Crippen molar-refractivity contribution >= 4 is 56.0 Å². The van der Waals surface area contributed by atoms with Crippen molar-refractivity contribution in [3.8, 4) is 0 Å². The molecule has 0 saturated heterocycles. The van der Waals surface area contributed by atoms with E-state index >= 15 is 0 Å². The van der Waals surface area contributed by atoms with Crippen LogP contribution in [-0.2, 0) is 11.3 Å². The van der Waals surface area contributed by atoms with Gasteiger partial charge in [-0.15, -0.1) is 11.8 Å². The van der Waals surface area contributed by atoms with E-state index < -0.39 is 11.6 Å². The molecule has 2 aromatic carbocycles. The standard InChI is InChI=1S/C23H18ClF2N3OS2/c24-16-5-7-18(8-6-16)31-10-2-4-21(30)29(14-15-3-1-9-27-13-15)23-28-22-19(26)11-17(25)12-20(22)32-23/h1,3,5-9,11-13H,2,4,10,14H2. The summed E-state index contributed by atoms with van der Waals surface area (Å²) in [6, 6.07) is 13.2. The predicted molar refractivity (Wildman–Crippen MR) is 126 cm³/mol. The molecule has 2 aromatic heterocycles. The number of carbonyl (C=O) groups is 1. The van der Waals surface area contributed by atoms with Crippen molar-refractivity contribution < 1.29 is 13.6 Å². The second-order valence-electron chi connectivity index (χ2n) is 6.98. The van der Waals surface area contributed by atoms with Gasteiger partial charge in [0, 0.05) is 34.8 Å². The highest BCUT2D eigenvalue weighted by atomic mass is 35.5. The van der Waals surface area contributed by atoms with Crippen LogP contribution in [0.1, 0.15) is 18.4 Å². The van der Waals surface area contributed by atoms with Crippen LogP contribution in [0.3, 0.4) is 0 Å². The summed E-state index contributed by atoms with van der Waals surface area (Å²) >= 11 is 8.65. The first-order valence-corrected chi connectivity index (χ1v) is 12.0. The van der Waals surface area contributed by atoms with E-state index in [0.717, 1.165) is 33.6 Å². The number of anilines is 1. The van der Waals surface area contributed by atoms with Gasteiger partial charge in [-0.05, 0) is 54.1 Å². The Kier molecular flexibility index (Phi) is 7.34. The van der Waals surface area contributed by atoms with Crippen LogP contribution in [0.15, 0.2) is 65.8 Å². The third-order valence-electron chi connectivity index (χ3n) is 4.61. The lowest BCUT2D eigenvalue weighted by Gasteiger charge is -2.20. The number of aromatic nitrogens is 2. The van der Waals surface area contributed by atoms with Gasteiger partial charge < -0.3 is 0 Å². The summed E-state index contributed by atoms with van der Waals surface area (Å²) in [5, 5.41) is 1.02. The van der Waals surface area contributed by atoms with Crippen LogP contribution < -0.4 is 4.90 Å². The number of amides is 1. The molecule has 164 valence electrons. The molecule has 4 aromatic rings. The van der Waals surface area contributed by atoms with Gasteiger partial charge in [0.25, 0.3) is 0 Å². The molecule has 4 rings (SSSR count). The highest BCUT2D eigenvalue weighted by molar-refractivity contribution is 7.99. The lowest BCUT2D eigenvalue weighted by molar-refractivity contribution is -0.118. The Bertz CT molecular complexity index is 1220. The van der Waals surface area contributed by atoms with Gasteiger partial charge >= 0.3 is 0 Å². The summed E-state index contributed by atoms with van der Waals surface area (Å²) in [5.74, 6) is -0.788. The zero-order valence-electron chi connectivity index (χ0n) is 16.8. The van der Waals surface area contributed by atoms with Gasteiger partial charge in [0.15, 0.2) is 10.9 Å². The van der Waals surface area contributed by atoms with Crippen LogP contribution in [0, 0.1) is 11.6 Å². The minimum atomic E-state index is -0.740. The third kappa shape index (κ3) is 5.62. The Balaban J connectivity index is 1.49.